The van der Waals surface area contributed by atoms with Gasteiger partial charge in [-0.1, -0.05) is 37.3 Å². The van der Waals surface area contributed by atoms with Gasteiger partial charge in [0.05, 0.1) is 19.3 Å². The number of hydrogen-bond donors (Lipinski definition) is 2. The zero-order valence-corrected chi connectivity index (χ0v) is 17.6. The molecule has 2 saturated heterocycles. The molecule has 0 saturated carbocycles. The van der Waals surface area contributed by atoms with Crippen LogP contribution in [0.3, 0.4) is 0 Å². The summed E-state index contributed by atoms with van der Waals surface area (Å²) in [6.45, 7) is 10.3. The van der Waals surface area contributed by atoms with E-state index in [2.05, 4.69) is 62.7 Å². The number of nitrogens with zero attached hydrogens (tertiary/aromatic N) is 3. The fourth-order valence-electron chi connectivity index (χ4n) is 4.22. The third kappa shape index (κ3) is 6.19. The van der Waals surface area contributed by atoms with Crippen molar-refractivity contribution in [3.8, 4) is 0 Å². The van der Waals surface area contributed by atoms with Gasteiger partial charge in [-0.2, -0.15) is 0 Å². The monoisotopic (exact) mass is 387 g/mol. The van der Waals surface area contributed by atoms with Crippen molar-refractivity contribution in [2.24, 2.45) is 4.99 Å². The summed E-state index contributed by atoms with van der Waals surface area (Å²) in [6, 6.07) is 11.6. The topological polar surface area (TPSA) is 52.1 Å². The van der Waals surface area contributed by atoms with E-state index in [1.54, 1.807) is 0 Å². The molecule has 1 aromatic rings. The minimum absolute atomic E-state index is 0.329. The largest absolute Gasteiger partial charge is 0.379 e. The molecule has 0 radical (unpaired) electrons. The number of benzene rings is 1. The van der Waals surface area contributed by atoms with Gasteiger partial charge in [-0.15, -0.1) is 0 Å². The highest BCUT2D eigenvalue weighted by Gasteiger charge is 2.24. The number of likely N-dealkylation sites (tertiary alicyclic amines) is 1. The Bertz CT molecular complexity index is 580. The van der Waals surface area contributed by atoms with Crippen LogP contribution < -0.4 is 10.6 Å². The SMILES string of the molecule is CCCN1CCC(NC(=NC)NCC(c2ccccc2)N2CCOCC2)CC1. The molecule has 0 aliphatic carbocycles. The maximum Gasteiger partial charge on any atom is 0.191 e. The normalized spacial score (nSPS) is 21.4. The van der Waals surface area contributed by atoms with Crippen LogP contribution in [0.1, 0.15) is 37.8 Å². The summed E-state index contributed by atoms with van der Waals surface area (Å²) in [6.07, 6.45) is 3.61. The van der Waals surface area contributed by atoms with Gasteiger partial charge in [0.15, 0.2) is 5.96 Å². The molecule has 1 unspecified atom stereocenters. The van der Waals surface area contributed by atoms with Crippen LogP contribution in [0.4, 0.5) is 0 Å². The zero-order chi connectivity index (χ0) is 19.6. The highest BCUT2D eigenvalue weighted by atomic mass is 16.5. The fraction of sp³-hybridized carbons (Fsp3) is 0.682. The lowest BCUT2D eigenvalue weighted by Crippen LogP contribution is -2.51. The molecular weight excluding hydrogens is 350 g/mol. The Morgan fingerprint density at radius 3 is 2.50 bits per heavy atom. The molecule has 2 fully saturated rings. The number of morpholine rings is 1. The van der Waals surface area contributed by atoms with E-state index in [0.717, 1.165) is 38.8 Å². The number of nitrogens with one attached hydrogen (secondary N) is 2. The predicted molar refractivity (Wildman–Crippen MR) is 116 cm³/mol. The van der Waals surface area contributed by atoms with Gasteiger partial charge in [0.1, 0.15) is 0 Å². The fourth-order valence-corrected chi connectivity index (χ4v) is 4.22. The summed E-state index contributed by atoms with van der Waals surface area (Å²) < 4.78 is 5.56. The first-order valence-electron chi connectivity index (χ1n) is 10.9. The first-order valence-corrected chi connectivity index (χ1v) is 10.9. The van der Waals surface area contributed by atoms with E-state index >= 15 is 0 Å². The maximum absolute atomic E-state index is 5.56. The van der Waals surface area contributed by atoms with Gasteiger partial charge in [-0.3, -0.25) is 9.89 Å². The van der Waals surface area contributed by atoms with E-state index < -0.39 is 0 Å². The molecule has 2 heterocycles. The van der Waals surface area contributed by atoms with Crippen molar-refractivity contribution < 1.29 is 4.74 Å². The molecule has 6 heteroatoms. The van der Waals surface area contributed by atoms with Crippen LogP contribution in [0.2, 0.25) is 0 Å². The van der Waals surface area contributed by atoms with Crippen molar-refractivity contribution in [1.29, 1.82) is 0 Å². The second-order valence-electron chi connectivity index (χ2n) is 7.79. The molecule has 2 aliphatic rings. The van der Waals surface area contributed by atoms with Crippen LogP contribution in [0.25, 0.3) is 0 Å². The Morgan fingerprint density at radius 1 is 1.14 bits per heavy atom. The summed E-state index contributed by atoms with van der Waals surface area (Å²) in [7, 11) is 1.87. The average Bonchev–Trinajstić information content (AvgIpc) is 2.76. The number of guanidine groups is 1. The van der Waals surface area contributed by atoms with Crippen LogP contribution in [0.5, 0.6) is 0 Å². The smallest absolute Gasteiger partial charge is 0.191 e. The Kier molecular flexibility index (Phi) is 8.58. The molecule has 2 aliphatic heterocycles. The third-order valence-electron chi connectivity index (χ3n) is 5.83. The summed E-state index contributed by atoms with van der Waals surface area (Å²) in [5.41, 5.74) is 1.35. The quantitative estimate of drug-likeness (QED) is 0.554. The first-order chi connectivity index (χ1) is 13.8. The molecular formula is C22H37N5O. The lowest BCUT2D eigenvalue weighted by atomic mass is 10.0. The molecule has 3 rings (SSSR count). The van der Waals surface area contributed by atoms with Crippen LogP contribution in [0.15, 0.2) is 35.3 Å². The van der Waals surface area contributed by atoms with Gasteiger partial charge >= 0.3 is 0 Å². The van der Waals surface area contributed by atoms with Crippen molar-refractivity contribution in [3.05, 3.63) is 35.9 Å². The maximum atomic E-state index is 5.56. The molecule has 0 aromatic heterocycles. The van der Waals surface area contributed by atoms with E-state index in [4.69, 9.17) is 4.74 Å². The Balaban J connectivity index is 1.54. The van der Waals surface area contributed by atoms with Gasteiger partial charge in [0.2, 0.25) is 0 Å². The second-order valence-corrected chi connectivity index (χ2v) is 7.79. The number of ether oxygens (including phenoxy) is 1. The predicted octanol–water partition coefficient (Wildman–Crippen LogP) is 2.10. The molecule has 2 N–H and O–H groups in total. The van der Waals surface area contributed by atoms with Gasteiger partial charge in [-0.05, 0) is 31.4 Å². The van der Waals surface area contributed by atoms with E-state index in [-0.39, 0.29) is 0 Å². The molecule has 1 atom stereocenters. The number of aliphatic imine (C=N–C) groups is 1. The summed E-state index contributed by atoms with van der Waals surface area (Å²) in [5.74, 6) is 0.920. The van der Waals surface area contributed by atoms with Gasteiger partial charge < -0.3 is 20.3 Å². The summed E-state index contributed by atoms with van der Waals surface area (Å²) >= 11 is 0. The lowest BCUT2D eigenvalue weighted by molar-refractivity contribution is 0.0170. The molecule has 0 spiro atoms. The van der Waals surface area contributed by atoms with Crippen LogP contribution >= 0.6 is 0 Å². The third-order valence-corrected chi connectivity index (χ3v) is 5.83. The van der Waals surface area contributed by atoms with E-state index in [0.29, 0.717) is 12.1 Å². The zero-order valence-electron chi connectivity index (χ0n) is 17.6. The molecule has 0 amide bonds. The summed E-state index contributed by atoms with van der Waals surface area (Å²) in [4.78, 5) is 9.57. The minimum Gasteiger partial charge on any atom is -0.379 e. The van der Waals surface area contributed by atoms with E-state index in [1.807, 2.05) is 7.05 Å². The molecule has 28 heavy (non-hydrogen) atoms. The number of hydrogen-bond acceptors (Lipinski definition) is 4. The van der Waals surface area contributed by atoms with Crippen LogP contribution in [0, 0.1) is 0 Å². The van der Waals surface area contributed by atoms with Crippen molar-refractivity contribution in [3.63, 3.8) is 0 Å². The van der Waals surface area contributed by atoms with E-state index in [9.17, 15) is 0 Å². The first kappa shape index (κ1) is 21.1. The Labute approximate surface area is 170 Å². The highest BCUT2D eigenvalue weighted by Crippen LogP contribution is 2.21. The van der Waals surface area contributed by atoms with Gasteiger partial charge in [0.25, 0.3) is 0 Å². The number of piperidine rings is 1. The van der Waals surface area contributed by atoms with Gasteiger partial charge in [-0.25, -0.2) is 0 Å². The highest BCUT2D eigenvalue weighted by molar-refractivity contribution is 5.80. The van der Waals surface area contributed by atoms with Crippen molar-refractivity contribution in [1.82, 2.24) is 20.4 Å². The van der Waals surface area contributed by atoms with Crippen molar-refractivity contribution in [2.45, 2.75) is 38.3 Å². The van der Waals surface area contributed by atoms with Crippen molar-refractivity contribution >= 4 is 5.96 Å². The van der Waals surface area contributed by atoms with Gasteiger partial charge in [0, 0.05) is 45.8 Å². The second kappa shape index (κ2) is 11.4. The molecule has 156 valence electrons. The van der Waals surface area contributed by atoms with Crippen LogP contribution in [-0.2, 0) is 4.74 Å². The van der Waals surface area contributed by atoms with Crippen LogP contribution in [-0.4, -0.2) is 81.3 Å². The molecule has 6 nitrogen and oxygen atoms in total. The Morgan fingerprint density at radius 2 is 1.86 bits per heavy atom. The average molecular weight is 388 g/mol. The molecule has 0 bridgehead atoms. The lowest BCUT2D eigenvalue weighted by Gasteiger charge is -2.36. The minimum atomic E-state index is 0.329. The Hall–Kier alpha value is -1.63. The van der Waals surface area contributed by atoms with E-state index in [1.165, 1.54) is 44.5 Å². The molecule has 1 aromatic carbocycles. The number of rotatable bonds is 7. The van der Waals surface area contributed by atoms with Crippen molar-refractivity contribution in [2.75, 3.05) is 59.5 Å². The standard InChI is InChI=1S/C22H37N5O/c1-3-11-26-12-9-20(10-13-26)25-22(23-2)24-18-21(19-7-5-4-6-8-19)27-14-16-28-17-15-27/h4-8,20-21H,3,9-18H2,1-2H3,(H2,23,24,25). The summed E-state index contributed by atoms with van der Waals surface area (Å²) in [5, 5.41) is 7.24.